The van der Waals surface area contributed by atoms with Crippen molar-refractivity contribution in [3.63, 3.8) is 0 Å². The van der Waals surface area contributed by atoms with Crippen molar-refractivity contribution >= 4 is 23.4 Å². The fraction of sp³-hybridized carbons (Fsp3) is 0.542. The average Bonchev–Trinajstić information content (AvgIpc) is 3.45. The lowest BCUT2D eigenvalue weighted by Gasteiger charge is -2.37. The van der Waals surface area contributed by atoms with Gasteiger partial charge in [0.2, 0.25) is 17.7 Å². The number of hydrogen-bond donors (Lipinski definition) is 5. The smallest absolute Gasteiger partial charge is 0.246 e. The normalized spacial score (nSPS) is 12.4. The largest absolute Gasteiger partial charge is 0.392 e. The zero-order chi connectivity index (χ0) is 54.3. The predicted molar refractivity (Wildman–Crippen MR) is 293 cm³/mol. The Bertz CT molecular complexity index is 2080. The van der Waals surface area contributed by atoms with E-state index in [9.17, 15) is 19.5 Å². The molecule has 0 unspecified atom stereocenters. The molecule has 0 aliphatic heterocycles. The molecule has 0 aliphatic rings. The number of nitrogens with one attached hydrogen (secondary N) is 3. The number of amides is 3. The van der Waals surface area contributed by atoms with Crippen molar-refractivity contribution in [2.24, 2.45) is 17.6 Å². The van der Waals surface area contributed by atoms with Crippen LogP contribution in [-0.2, 0) is 69.2 Å². The van der Waals surface area contributed by atoms with E-state index in [1.807, 2.05) is 26.0 Å². The molecule has 0 bridgehead atoms. The Morgan fingerprint density at radius 2 is 0.934 bits per heavy atom. The van der Waals surface area contributed by atoms with E-state index >= 15 is 0 Å². The third kappa shape index (κ3) is 25.3. The van der Waals surface area contributed by atoms with Gasteiger partial charge in [-0.3, -0.25) is 19.7 Å². The molecular formula is C59H86N4O13. The average molecular weight is 1060 g/mol. The SMILES string of the molecule is Cc1ccc(C(NCCCC[C@H](NC(=O)[C@@H](CCOCCOCCOCCOCCOCCOCCOCCOCCOCCC(N)=O)C(C)C)C(=O)Nc2ccc(CO)cc2)(c2ccccc2)c2ccccc2)cc1. The number of aliphatic hydroxyl groups excluding tert-OH is 1. The van der Waals surface area contributed by atoms with Crippen molar-refractivity contribution in [3.05, 3.63) is 137 Å². The minimum atomic E-state index is -0.776. The molecule has 420 valence electrons. The first-order valence-electron chi connectivity index (χ1n) is 26.9. The summed E-state index contributed by atoms with van der Waals surface area (Å²) < 4.78 is 49.8. The van der Waals surface area contributed by atoms with Crippen molar-refractivity contribution in [2.75, 3.05) is 131 Å². The van der Waals surface area contributed by atoms with E-state index in [4.69, 9.17) is 48.4 Å². The van der Waals surface area contributed by atoms with Crippen molar-refractivity contribution in [1.29, 1.82) is 0 Å². The lowest BCUT2D eigenvalue weighted by Crippen LogP contribution is -2.47. The summed E-state index contributed by atoms with van der Waals surface area (Å²) in [7, 11) is 0. The van der Waals surface area contributed by atoms with Gasteiger partial charge >= 0.3 is 0 Å². The zero-order valence-electron chi connectivity index (χ0n) is 45.2. The van der Waals surface area contributed by atoms with Gasteiger partial charge in [-0.25, -0.2) is 0 Å². The molecule has 2 atom stereocenters. The van der Waals surface area contributed by atoms with Gasteiger partial charge in [0.25, 0.3) is 0 Å². The summed E-state index contributed by atoms with van der Waals surface area (Å²) in [4.78, 5) is 38.6. The van der Waals surface area contributed by atoms with Crippen molar-refractivity contribution < 1.29 is 62.1 Å². The van der Waals surface area contributed by atoms with Crippen LogP contribution in [0, 0.1) is 18.8 Å². The Morgan fingerprint density at radius 1 is 0.513 bits per heavy atom. The van der Waals surface area contributed by atoms with E-state index in [0.717, 1.165) is 28.7 Å². The van der Waals surface area contributed by atoms with Crippen LogP contribution in [0.15, 0.2) is 109 Å². The highest BCUT2D eigenvalue weighted by Gasteiger charge is 2.36. The number of ether oxygens (including phenoxy) is 9. The number of rotatable bonds is 45. The van der Waals surface area contributed by atoms with Crippen LogP contribution < -0.4 is 21.7 Å². The first kappa shape index (κ1) is 63.4. The molecule has 4 aromatic rings. The van der Waals surface area contributed by atoms with Gasteiger partial charge < -0.3 is 64.1 Å². The molecule has 0 saturated carbocycles. The number of hydrogen-bond acceptors (Lipinski definition) is 14. The molecule has 4 aromatic carbocycles. The van der Waals surface area contributed by atoms with Gasteiger partial charge in [-0.2, -0.15) is 0 Å². The first-order chi connectivity index (χ1) is 37.1. The molecule has 0 fully saturated rings. The second-order valence-electron chi connectivity index (χ2n) is 18.5. The summed E-state index contributed by atoms with van der Waals surface area (Å²) in [5.74, 6) is -1.24. The quantitative estimate of drug-likeness (QED) is 0.0241. The van der Waals surface area contributed by atoms with Crippen LogP contribution >= 0.6 is 0 Å². The van der Waals surface area contributed by atoms with E-state index in [2.05, 4.69) is 95.7 Å². The van der Waals surface area contributed by atoms with Crippen LogP contribution in [0.2, 0.25) is 0 Å². The number of aryl methyl sites for hydroxylation is 1. The fourth-order valence-electron chi connectivity index (χ4n) is 8.22. The van der Waals surface area contributed by atoms with Crippen LogP contribution in [0.5, 0.6) is 0 Å². The Kier molecular flexibility index (Phi) is 32.7. The third-order valence-electron chi connectivity index (χ3n) is 12.4. The summed E-state index contributed by atoms with van der Waals surface area (Å²) in [6, 6.07) is 35.9. The first-order valence-corrected chi connectivity index (χ1v) is 26.9. The van der Waals surface area contributed by atoms with E-state index < -0.39 is 11.6 Å². The highest BCUT2D eigenvalue weighted by atomic mass is 16.6. The number of nitrogens with two attached hydrogens (primary N) is 1. The van der Waals surface area contributed by atoms with Gasteiger partial charge in [-0.05, 0) is 79.5 Å². The van der Waals surface area contributed by atoms with Gasteiger partial charge in [-0.15, -0.1) is 0 Å². The monoisotopic (exact) mass is 1060 g/mol. The minimum absolute atomic E-state index is 0.00840. The number of anilines is 1. The van der Waals surface area contributed by atoms with Crippen LogP contribution in [0.1, 0.15) is 73.8 Å². The number of aliphatic hydroxyl groups is 1. The standard InChI is InChI=1S/C59H86N4O13/c1-47(2)54(25-28-68-30-32-70-34-36-72-38-40-74-42-44-76-45-43-75-41-39-73-37-35-71-33-31-69-29-26-56(60)65)57(66)63-55(58(67)62-53-23-19-49(46-64)20-24-53)16-10-11-27-61-59(50-12-6-4-7-13-50,51-14-8-5-9-15-51)52-21-17-48(3)18-22-52/h4-9,12-15,17-24,47,54-55,61,64H,10-11,16,25-46H2,1-3H3,(H2,60,65)(H,62,67)(H,63,66)/t54-,55-/m0/s1. The van der Waals surface area contributed by atoms with Crippen LogP contribution in [0.25, 0.3) is 0 Å². The summed E-state index contributed by atoms with van der Waals surface area (Å²) >= 11 is 0. The molecule has 0 radical (unpaired) electrons. The van der Waals surface area contributed by atoms with Crippen molar-refractivity contribution in [2.45, 2.75) is 71.1 Å². The van der Waals surface area contributed by atoms with Crippen molar-refractivity contribution in [1.82, 2.24) is 10.6 Å². The molecule has 0 saturated heterocycles. The van der Waals surface area contributed by atoms with E-state index in [1.54, 1.807) is 24.3 Å². The summed E-state index contributed by atoms with van der Waals surface area (Å²) in [6.07, 6.45) is 2.54. The van der Waals surface area contributed by atoms with Gasteiger partial charge in [0.05, 0.1) is 124 Å². The van der Waals surface area contributed by atoms with Crippen molar-refractivity contribution in [3.8, 4) is 0 Å². The molecule has 17 heteroatoms. The Hall–Kier alpha value is -5.15. The van der Waals surface area contributed by atoms with Crippen LogP contribution in [-0.4, -0.2) is 154 Å². The van der Waals surface area contributed by atoms with Gasteiger partial charge in [-0.1, -0.05) is 116 Å². The number of primary amides is 1. The zero-order valence-corrected chi connectivity index (χ0v) is 45.2. The maximum absolute atomic E-state index is 14.0. The molecule has 76 heavy (non-hydrogen) atoms. The predicted octanol–water partition coefficient (Wildman–Crippen LogP) is 6.35. The number of benzene rings is 4. The van der Waals surface area contributed by atoms with Gasteiger partial charge in [0, 0.05) is 24.6 Å². The summed E-state index contributed by atoms with van der Waals surface area (Å²) in [5, 5.41) is 19.6. The maximum atomic E-state index is 14.0. The fourth-order valence-corrected chi connectivity index (χ4v) is 8.22. The second-order valence-corrected chi connectivity index (χ2v) is 18.5. The molecule has 3 amide bonds. The highest BCUT2D eigenvalue weighted by molar-refractivity contribution is 5.97. The molecule has 4 rings (SSSR count). The lowest BCUT2D eigenvalue weighted by atomic mass is 9.76. The third-order valence-corrected chi connectivity index (χ3v) is 12.4. The van der Waals surface area contributed by atoms with Crippen LogP contribution in [0.4, 0.5) is 5.69 Å². The van der Waals surface area contributed by atoms with Gasteiger partial charge in [0.1, 0.15) is 6.04 Å². The topological polar surface area (TPSA) is 217 Å². The summed E-state index contributed by atoms with van der Waals surface area (Å²) in [5.41, 5.74) is 10.3. The number of carbonyl (C=O) groups excluding carboxylic acids is 3. The van der Waals surface area contributed by atoms with Crippen LogP contribution in [0.3, 0.4) is 0 Å². The maximum Gasteiger partial charge on any atom is 0.246 e. The van der Waals surface area contributed by atoms with E-state index in [0.29, 0.717) is 150 Å². The highest BCUT2D eigenvalue weighted by Crippen LogP contribution is 2.37. The minimum Gasteiger partial charge on any atom is -0.392 e. The molecule has 0 aliphatic carbocycles. The summed E-state index contributed by atoms with van der Waals surface area (Å²) in [6.45, 7) is 14.3. The second kappa shape index (κ2) is 39.2. The lowest BCUT2D eigenvalue weighted by molar-refractivity contribution is -0.131. The van der Waals surface area contributed by atoms with Gasteiger partial charge in [0.15, 0.2) is 0 Å². The Labute approximate surface area is 451 Å². The van der Waals surface area contributed by atoms with E-state index in [1.165, 1.54) is 5.56 Å². The molecule has 0 aromatic heterocycles. The number of unbranched alkanes of at least 4 members (excludes halogenated alkanes) is 1. The van der Waals surface area contributed by atoms with E-state index in [-0.39, 0.29) is 42.6 Å². The molecule has 6 N–H and O–H groups in total. The Balaban J connectivity index is 1.10. The Morgan fingerprint density at radius 3 is 1.36 bits per heavy atom. The molecule has 17 nitrogen and oxygen atoms in total. The molecule has 0 heterocycles. The molecular weight excluding hydrogens is 973 g/mol. The number of carbonyl (C=O) groups is 3. The molecule has 0 spiro atoms.